The van der Waals surface area contributed by atoms with E-state index in [0.29, 0.717) is 11.7 Å². The van der Waals surface area contributed by atoms with Gasteiger partial charge in [0.1, 0.15) is 5.69 Å². The highest BCUT2D eigenvalue weighted by Gasteiger charge is 2.32. The van der Waals surface area contributed by atoms with Gasteiger partial charge in [0.05, 0.1) is 6.04 Å². The first-order valence-corrected chi connectivity index (χ1v) is 6.92. The molecule has 1 atom stereocenters. The molecule has 1 aliphatic rings. The molecule has 0 aliphatic carbocycles. The fraction of sp³-hybridized carbons (Fsp3) is 0.500. The molecule has 1 aliphatic heterocycles. The van der Waals surface area contributed by atoms with Crippen LogP contribution in [-0.2, 0) is 0 Å². The van der Waals surface area contributed by atoms with Crippen LogP contribution in [-0.4, -0.2) is 43.2 Å². The number of rotatable bonds is 3. The predicted molar refractivity (Wildman–Crippen MR) is 73.8 cm³/mol. The van der Waals surface area contributed by atoms with Gasteiger partial charge in [-0.1, -0.05) is 6.07 Å². The summed E-state index contributed by atoms with van der Waals surface area (Å²) in [6.45, 7) is 5.33. The van der Waals surface area contributed by atoms with Gasteiger partial charge in [-0.05, 0) is 45.4 Å². The van der Waals surface area contributed by atoms with Crippen molar-refractivity contribution < 1.29 is 9.90 Å². The van der Waals surface area contributed by atoms with Crippen molar-refractivity contribution in [3.63, 3.8) is 0 Å². The van der Waals surface area contributed by atoms with Gasteiger partial charge in [-0.2, -0.15) is 0 Å². The number of hydrogen-bond donors (Lipinski definition) is 1. The quantitative estimate of drug-likeness (QED) is 0.926. The van der Waals surface area contributed by atoms with Gasteiger partial charge in [0.2, 0.25) is 0 Å². The zero-order valence-corrected chi connectivity index (χ0v) is 11.7. The third kappa shape index (κ3) is 1.96. The van der Waals surface area contributed by atoms with Gasteiger partial charge in [-0.25, -0.2) is 4.79 Å². The number of likely N-dealkylation sites (tertiary alicyclic amines) is 1. The minimum Gasteiger partial charge on any atom is -0.477 e. The lowest BCUT2D eigenvalue weighted by atomic mass is 10.2. The van der Waals surface area contributed by atoms with Crippen LogP contribution in [0.15, 0.2) is 18.2 Å². The number of aromatic nitrogens is 3. The van der Waals surface area contributed by atoms with Crippen LogP contribution >= 0.6 is 0 Å². The molecule has 1 N–H and O–H groups in total. The van der Waals surface area contributed by atoms with E-state index in [1.54, 1.807) is 22.6 Å². The van der Waals surface area contributed by atoms with Gasteiger partial charge in [-0.3, -0.25) is 9.30 Å². The highest BCUT2D eigenvalue weighted by Crippen LogP contribution is 2.33. The number of carboxylic acid groups (broad SMARTS) is 1. The van der Waals surface area contributed by atoms with Crippen LogP contribution in [0.5, 0.6) is 0 Å². The van der Waals surface area contributed by atoms with E-state index < -0.39 is 5.97 Å². The number of aromatic carboxylic acids is 1. The fourth-order valence-corrected chi connectivity index (χ4v) is 3.03. The highest BCUT2D eigenvalue weighted by molar-refractivity contribution is 5.86. The molecule has 3 rings (SSSR count). The summed E-state index contributed by atoms with van der Waals surface area (Å²) < 4.78 is 1.67. The van der Waals surface area contributed by atoms with E-state index in [1.807, 2.05) is 0 Å². The number of pyridine rings is 1. The van der Waals surface area contributed by atoms with Crippen LogP contribution in [0.3, 0.4) is 0 Å². The van der Waals surface area contributed by atoms with Gasteiger partial charge in [-0.15, -0.1) is 10.2 Å². The number of hydrogen-bond acceptors (Lipinski definition) is 4. The first-order valence-electron chi connectivity index (χ1n) is 6.92. The maximum Gasteiger partial charge on any atom is 0.352 e. The average Bonchev–Trinajstić information content (AvgIpc) is 3.03. The smallest absolute Gasteiger partial charge is 0.352 e. The van der Waals surface area contributed by atoms with Crippen LogP contribution in [0.4, 0.5) is 0 Å². The largest absolute Gasteiger partial charge is 0.477 e. The summed E-state index contributed by atoms with van der Waals surface area (Å²) in [6, 6.07) is 5.64. The Balaban J connectivity index is 2.14. The lowest BCUT2D eigenvalue weighted by Gasteiger charge is -2.27. The molecule has 1 unspecified atom stereocenters. The van der Waals surface area contributed by atoms with Crippen LogP contribution in [0.25, 0.3) is 5.65 Å². The topological polar surface area (TPSA) is 70.7 Å². The monoisotopic (exact) mass is 274 g/mol. The van der Waals surface area contributed by atoms with Crippen molar-refractivity contribution in [3.05, 3.63) is 29.7 Å². The van der Waals surface area contributed by atoms with E-state index >= 15 is 0 Å². The molecule has 0 radical (unpaired) electrons. The maximum atomic E-state index is 11.4. The minimum absolute atomic E-state index is 0.144. The lowest BCUT2D eigenvalue weighted by molar-refractivity contribution is 0.0687. The fourth-order valence-electron chi connectivity index (χ4n) is 3.03. The Morgan fingerprint density at radius 3 is 2.90 bits per heavy atom. The lowest BCUT2D eigenvalue weighted by Crippen LogP contribution is -2.31. The van der Waals surface area contributed by atoms with Gasteiger partial charge >= 0.3 is 5.97 Å². The predicted octanol–water partition coefficient (Wildman–Crippen LogP) is 1.97. The molecule has 0 saturated carbocycles. The SMILES string of the molecule is CC(C)N1CCCC1c1nnc2cccc(C(=O)O)n12. The number of carboxylic acids is 1. The molecule has 1 fully saturated rings. The first-order chi connectivity index (χ1) is 9.59. The number of carbonyl (C=O) groups is 1. The highest BCUT2D eigenvalue weighted by atomic mass is 16.4. The summed E-state index contributed by atoms with van der Waals surface area (Å²) in [5.74, 6) is -0.213. The van der Waals surface area contributed by atoms with Crippen molar-refractivity contribution in [3.8, 4) is 0 Å². The van der Waals surface area contributed by atoms with Crippen LogP contribution in [0.1, 0.15) is 49.0 Å². The molecule has 0 aromatic carbocycles. The molecule has 20 heavy (non-hydrogen) atoms. The summed E-state index contributed by atoms with van der Waals surface area (Å²) in [4.78, 5) is 13.8. The Morgan fingerprint density at radius 2 is 2.20 bits per heavy atom. The molecule has 106 valence electrons. The second-order valence-electron chi connectivity index (χ2n) is 5.46. The van der Waals surface area contributed by atoms with Crippen molar-refractivity contribution in [2.45, 2.75) is 38.8 Å². The van der Waals surface area contributed by atoms with Crippen LogP contribution in [0, 0.1) is 0 Å². The minimum atomic E-state index is -0.953. The van der Waals surface area contributed by atoms with Gasteiger partial charge < -0.3 is 5.11 Å². The Bertz CT molecular complexity index is 650. The molecular weight excluding hydrogens is 256 g/mol. The standard InChI is InChI=1S/C14H18N4O2/c1-9(2)17-8-4-6-10(17)13-16-15-12-7-3-5-11(14(19)20)18(12)13/h3,5,7,9-10H,4,6,8H2,1-2H3,(H,19,20). The third-order valence-electron chi connectivity index (χ3n) is 3.93. The van der Waals surface area contributed by atoms with E-state index in [9.17, 15) is 9.90 Å². The Kier molecular flexibility index (Phi) is 3.17. The number of nitrogens with zero attached hydrogens (tertiary/aromatic N) is 4. The second-order valence-corrected chi connectivity index (χ2v) is 5.46. The van der Waals surface area contributed by atoms with E-state index in [1.165, 1.54) is 0 Å². The third-order valence-corrected chi connectivity index (χ3v) is 3.93. The van der Waals surface area contributed by atoms with E-state index in [0.717, 1.165) is 25.2 Å². The van der Waals surface area contributed by atoms with E-state index in [2.05, 4.69) is 28.9 Å². The summed E-state index contributed by atoms with van der Waals surface area (Å²) in [6.07, 6.45) is 2.10. The molecule has 3 heterocycles. The zero-order chi connectivity index (χ0) is 14.3. The second kappa shape index (κ2) is 4.86. The molecular formula is C14H18N4O2. The molecule has 6 heteroatoms. The first kappa shape index (κ1) is 13.1. The Morgan fingerprint density at radius 1 is 1.40 bits per heavy atom. The number of fused-ring (bicyclic) bond motifs is 1. The van der Waals surface area contributed by atoms with Gasteiger partial charge in [0.15, 0.2) is 11.5 Å². The van der Waals surface area contributed by atoms with E-state index in [4.69, 9.17) is 0 Å². The molecule has 2 aromatic heterocycles. The average molecular weight is 274 g/mol. The summed E-state index contributed by atoms with van der Waals surface area (Å²) >= 11 is 0. The molecule has 0 spiro atoms. The molecule has 1 saturated heterocycles. The normalized spacial score (nSPS) is 20.1. The Hall–Kier alpha value is -1.95. The van der Waals surface area contributed by atoms with Crippen molar-refractivity contribution in [2.75, 3.05) is 6.54 Å². The summed E-state index contributed by atoms with van der Waals surface area (Å²) in [5.41, 5.74) is 0.814. The molecule has 0 bridgehead atoms. The van der Waals surface area contributed by atoms with Crippen molar-refractivity contribution >= 4 is 11.6 Å². The van der Waals surface area contributed by atoms with Crippen molar-refractivity contribution in [1.29, 1.82) is 0 Å². The van der Waals surface area contributed by atoms with Gasteiger partial charge in [0, 0.05) is 6.04 Å². The van der Waals surface area contributed by atoms with Crippen LogP contribution in [0.2, 0.25) is 0 Å². The summed E-state index contributed by atoms with van der Waals surface area (Å²) in [5, 5.41) is 17.7. The van der Waals surface area contributed by atoms with Crippen molar-refractivity contribution in [2.24, 2.45) is 0 Å². The summed E-state index contributed by atoms with van der Waals surface area (Å²) in [7, 11) is 0. The van der Waals surface area contributed by atoms with Gasteiger partial charge in [0.25, 0.3) is 0 Å². The molecule has 0 amide bonds. The molecule has 6 nitrogen and oxygen atoms in total. The zero-order valence-electron chi connectivity index (χ0n) is 11.7. The Labute approximate surface area is 117 Å². The molecule has 2 aromatic rings. The van der Waals surface area contributed by atoms with Crippen LogP contribution < -0.4 is 0 Å². The van der Waals surface area contributed by atoms with E-state index in [-0.39, 0.29) is 11.7 Å². The van der Waals surface area contributed by atoms with Crippen molar-refractivity contribution in [1.82, 2.24) is 19.5 Å². The maximum absolute atomic E-state index is 11.4.